The Morgan fingerprint density at radius 2 is 1.88 bits per heavy atom. The van der Waals surface area contributed by atoms with Gasteiger partial charge in [-0.3, -0.25) is 9.59 Å². The minimum atomic E-state index is -0.362. The monoisotopic (exact) mass is 446 g/mol. The summed E-state index contributed by atoms with van der Waals surface area (Å²) in [5.74, 6) is 0.965. The Morgan fingerprint density at radius 1 is 1.03 bits per heavy atom. The average Bonchev–Trinajstić information content (AvgIpc) is 3.57. The van der Waals surface area contributed by atoms with Gasteiger partial charge in [-0.25, -0.2) is 0 Å². The maximum absolute atomic E-state index is 13.7. The van der Waals surface area contributed by atoms with E-state index in [0.29, 0.717) is 24.6 Å². The summed E-state index contributed by atoms with van der Waals surface area (Å²) >= 11 is 1.76. The van der Waals surface area contributed by atoms with Crippen LogP contribution in [0.3, 0.4) is 0 Å². The molecule has 1 aromatic heterocycles. The molecule has 0 radical (unpaired) electrons. The van der Waals surface area contributed by atoms with E-state index in [1.165, 1.54) is 10.4 Å². The van der Waals surface area contributed by atoms with Crippen LogP contribution in [-0.2, 0) is 16.0 Å². The zero-order chi connectivity index (χ0) is 21.7. The third kappa shape index (κ3) is 3.15. The van der Waals surface area contributed by atoms with Crippen molar-refractivity contribution in [3.8, 4) is 11.5 Å². The van der Waals surface area contributed by atoms with Gasteiger partial charge in [-0.05, 0) is 41.1 Å². The fraction of sp³-hybridized carbons (Fsp3) is 0.280. The second-order valence-corrected chi connectivity index (χ2v) is 9.34. The van der Waals surface area contributed by atoms with E-state index >= 15 is 0 Å². The number of rotatable bonds is 3. The Balaban J connectivity index is 1.27. The van der Waals surface area contributed by atoms with Crippen LogP contribution in [0.5, 0.6) is 11.5 Å². The van der Waals surface area contributed by atoms with Crippen molar-refractivity contribution >= 4 is 28.8 Å². The average molecular weight is 447 g/mol. The molecule has 2 amide bonds. The molecule has 0 aliphatic carbocycles. The van der Waals surface area contributed by atoms with E-state index < -0.39 is 0 Å². The molecule has 0 N–H and O–H groups in total. The number of carbonyl (C=O) groups excluding carboxylic acids is 2. The van der Waals surface area contributed by atoms with E-state index in [2.05, 4.69) is 23.6 Å². The third-order valence-electron chi connectivity index (χ3n) is 6.51. The number of fused-ring (bicyclic) bond motifs is 2. The molecular formula is C25H22N2O4S. The van der Waals surface area contributed by atoms with Crippen LogP contribution in [0.15, 0.2) is 60.0 Å². The molecule has 2 aromatic carbocycles. The smallest absolute Gasteiger partial charge is 0.231 e. The molecule has 6 nitrogen and oxygen atoms in total. The van der Waals surface area contributed by atoms with E-state index in [-0.39, 0.29) is 37.0 Å². The molecule has 0 spiro atoms. The van der Waals surface area contributed by atoms with Crippen molar-refractivity contribution in [2.45, 2.75) is 18.9 Å². The van der Waals surface area contributed by atoms with Crippen molar-refractivity contribution in [3.63, 3.8) is 0 Å². The van der Waals surface area contributed by atoms with Crippen molar-refractivity contribution in [2.24, 2.45) is 5.92 Å². The Kier molecular flexibility index (Phi) is 4.64. The van der Waals surface area contributed by atoms with Gasteiger partial charge in [0.25, 0.3) is 0 Å². The number of amides is 2. The SMILES string of the molecule is O=C1CC(C(=O)N2CCc3sccc3C2c2ccccc2)CN1c1ccc2c(c1)OCO2. The highest BCUT2D eigenvalue weighted by atomic mass is 32.1. The Morgan fingerprint density at radius 3 is 2.75 bits per heavy atom. The topological polar surface area (TPSA) is 59.1 Å². The van der Waals surface area contributed by atoms with Crippen molar-refractivity contribution in [1.29, 1.82) is 0 Å². The minimum Gasteiger partial charge on any atom is -0.454 e. The summed E-state index contributed by atoms with van der Waals surface area (Å²) in [6.07, 6.45) is 1.08. The van der Waals surface area contributed by atoms with E-state index in [1.54, 1.807) is 16.2 Å². The van der Waals surface area contributed by atoms with Gasteiger partial charge in [0.2, 0.25) is 18.6 Å². The number of benzene rings is 2. The minimum absolute atomic E-state index is 0.0355. The molecule has 2 atom stereocenters. The van der Waals surface area contributed by atoms with Crippen molar-refractivity contribution in [3.05, 3.63) is 76.0 Å². The molecule has 3 aromatic rings. The standard InChI is InChI=1S/C25H22N2O4S/c28-23-12-17(14-27(23)18-6-7-20-21(13-18)31-15-30-20)25(29)26-10-8-22-19(9-11-32-22)24(26)16-4-2-1-3-5-16/h1-7,9,11,13,17,24H,8,10,12,14-15H2. The summed E-state index contributed by atoms with van der Waals surface area (Å²) in [7, 11) is 0. The second kappa shape index (κ2) is 7.67. The Bertz CT molecular complexity index is 1190. The van der Waals surface area contributed by atoms with Crippen LogP contribution < -0.4 is 14.4 Å². The van der Waals surface area contributed by atoms with Gasteiger partial charge >= 0.3 is 0 Å². The summed E-state index contributed by atoms with van der Waals surface area (Å²) in [6, 6.07) is 17.7. The Labute approximate surface area is 190 Å². The Hall–Kier alpha value is -3.32. The summed E-state index contributed by atoms with van der Waals surface area (Å²) < 4.78 is 10.8. The molecular weight excluding hydrogens is 424 g/mol. The highest BCUT2D eigenvalue weighted by Gasteiger charge is 2.41. The van der Waals surface area contributed by atoms with E-state index in [9.17, 15) is 9.59 Å². The number of anilines is 1. The van der Waals surface area contributed by atoms with Crippen LogP contribution in [0.4, 0.5) is 5.69 Å². The first-order chi connectivity index (χ1) is 15.7. The van der Waals surface area contributed by atoms with Gasteiger partial charge in [-0.15, -0.1) is 11.3 Å². The molecule has 0 bridgehead atoms. The van der Waals surface area contributed by atoms with Crippen LogP contribution in [-0.4, -0.2) is 36.6 Å². The van der Waals surface area contributed by atoms with Crippen LogP contribution >= 0.6 is 11.3 Å². The van der Waals surface area contributed by atoms with E-state index in [4.69, 9.17) is 9.47 Å². The molecule has 32 heavy (non-hydrogen) atoms. The molecule has 4 heterocycles. The van der Waals surface area contributed by atoms with Crippen LogP contribution in [0.2, 0.25) is 0 Å². The van der Waals surface area contributed by atoms with Gasteiger partial charge in [0, 0.05) is 36.1 Å². The lowest BCUT2D eigenvalue weighted by Crippen LogP contribution is -2.43. The molecule has 3 aliphatic heterocycles. The summed E-state index contributed by atoms with van der Waals surface area (Å²) in [5, 5.41) is 2.11. The number of ether oxygens (including phenoxy) is 2. The third-order valence-corrected chi connectivity index (χ3v) is 7.50. The first-order valence-corrected chi connectivity index (χ1v) is 11.7. The van der Waals surface area contributed by atoms with Gasteiger partial charge in [0.1, 0.15) is 0 Å². The highest BCUT2D eigenvalue weighted by Crippen LogP contribution is 2.40. The highest BCUT2D eigenvalue weighted by molar-refractivity contribution is 7.10. The molecule has 0 saturated carbocycles. The van der Waals surface area contributed by atoms with Crippen LogP contribution in [0.1, 0.15) is 28.5 Å². The second-order valence-electron chi connectivity index (χ2n) is 8.34. The maximum atomic E-state index is 13.7. The quantitative estimate of drug-likeness (QED) is 0.610. The normalized spacial score (nSPS) is 21.7. The molecule has 7 heteroatoms. The van der Waals surface area contributed by atoms with Gasteiger partial charge in [0.05, 0.1) is 12.0 Å². The largest absolute Gasteiger partial charge is 0.454 e. The number of hydrogen-bond acceptors (Lipinski definition) is 5. The lowest BCUT2D eigenvalue weighted by molar-refractivity contribution is -0.137. The van der Waals surface area contributed by atoms with Crippen LogP contribution in [0, 0.1) is 5.92 Å². The molecule has 1 fully saturated rings. The fourth-order valence-corrected chi connectivity index (χ4v) is 5.86. The molecule has 1 saturated heterocycles. The van der Waals surface area contributed by atoms with E-state index in [1.807, 2.05) is 41.3 Å². The summed E-state index contributed by atoms with van der Waals surface area (Å²) in [6.45, 7) is 1.24. The number of carbonyl (C=O) groups is 2. The van der Waals surface area contributed by atoms with Gasteiger partial charge in [-0.2, -0.15) is 0 Å². The van der Waals surface area contributed by atoms with E-state index in [0.717, 1.165) is 17.7 Å². The zero-order valence-corrected chi connectivity index (χ0v) is 18.2. The summed E-state index contributed by atoms with van der Waals surface area (Å²) in [5.41, 5.74) is 3.06. The van der Waals surface area contributed by atoms with Crippen molar-refractivity contribution < 1.29 is 19.1 Å². The molecule has 162 valence electrons. The fourth-order valence-electron chi connectivity index (χ4n) is 4.96. The predicted molar refractivity (Wildman–Crippen MR) is 121 cm³/mol. The van der Waals surface area contributed by atoms with Crippen molar-refractivity contribution in [2.75, 3.05) is 24.8 Å². The van der Waals surface area contributed by atoms with Gasteiger partial charge in [-0.1, -0.05) is 30.3 Å². The van der Waals surface area contributed by atoms with Gasteiger partial charge in [0.15, 0.2) is 11.5 Å². The predicted octanol–water partition coefficient (Wildman–Crippen LogP) is 4.00. The van der Waals surface area contributed by atoms with Crippen LogP contribution in [0.25, 0.3) is 0 Å². The number of thiophene rings is 1. The number of nitrogens with zero attached hydrogens (tertiary/aromatic N) is 2. The van der Waals surface area contributed by atoms with Gasteiger partial charge < -0.3 is 19.3 Å². The lowest BCUT2D eigenvalue weighted by atomic mass is 9.91. The summed E-state index contributed by atoms with van der Waals surface area (Å²) in [4.78, 5) is 31.6. The first kappa shape index (κ1) is 19.4. The maximum Gasteiger partial charge on any atom is 0.231 e. The first-order valence-electron chi connectivity index (χ1n) is 10.8. The number of hydrogen-bond donors (Lipinski definition) is 0. The zero-order valence-electron chi connectivity index (χ0n) is 17.4. The molecule has 3 aliphatic rings. The molecule has 6 rings (SSSR count). The van der Waals surface area contributed by atoms with Crippen molar-refractivity contribution in [1.82, 2.24) is 4.90 Å². The molecule has 2 unspecified atom stereocenters. The lowest BCUT2D eigenvalue weighted by Gasteiger charge is -2.37.